The Labute approximate surface area is 215 Å². The summed E-state index contributed by atoms with van der Waals surface area (Å²) in [5, 5.41) is 25.7. The van der Waals surface area contributed by atoms with Crippen LogP contribution in [0.25, 0.3) is 0 Å². The smallest absolute Gasteiger partial charge is 0.426 e. The first kappa shape index (κ1) is 26.8. The van der Waals surface area contributed by atoms with E-state index in [0.29, 0.717) is 17.9 Å². The number of halogens is 2. The van der Waals surface area contributed by atoms with Gasteiger partial charge in [-0.05, 0) is 55.5 Å². The number of carbonyl (C=O) groups is 2. The highest BCUT2D eigenvalue weighted by atomic mass is 35.5. The largest absolute Gasteiger partial charge is 0.475 e. The predicted molar refractivity (Wildman–Crippen MR) is 139 cm³/mol. The van der Waals surface area contributed by atoms with Gasteiger partial charge < -0.3 is 20.7 Å². The van der Waals surface area contributed by atoms with E-state index in [9.17, 15) is 19.6 Å². The summed E-state index contributed by atoms with van der Waals surface area (Å²) >= 11 is 12.2. The quantitative estimate of drug-likeness (QED) is 0.311. The molecular weight excluding hydrogens is 486 g/mol. The Morgan fingerprint density at radius 2 is 1.63 bits per heavy atom. The lowest BCUT2D eigenvalue weighted by molar-refractivity contribution is -0.123. The maximum Gasteiger partial charge on any atom is 0.475 e. The molecular formula is C26H27BCl2N2O4. The zero-order valence-corrected chi connectivity index (χ0v) is 20.8. The molecule has 0 aromatic heterocycles. The van der Waals surface area contributed by atoms with Crippen LogP contribution >= 0.6 is 23.2 Å². The first-order valence-corrected chi connectivity index (χ1v) is 12.0. The molecule has 0 bridgehead atoms. The van der Waals surface area contributed by atoms with Crippen molar-refractivity contribution in [1.29, 1.82) is 0 Å². The number of rotatable bonds is 10. The van der Waals surface area contributed by atoms with Gasteiger partial charge in [-0.1, -0.05) is 83.4 Å². The fourth-order valence-electron chi connectivity index (χ4n) is 3.74. The fourth-order valence-corrected chi connectivity index (χ4v) is 4.11. The van der Waals surface area contributed by atoms with Gasteiger partial charge in [-0.15, -0.1) is 0 Å². The monoisotopic (exact) mass is 512 g/mol. The maximum atomic E-state index is 13.2. The molecule has 9 heteroatoms. The Kier molecular flexibility index (Phi) is 9.75. The second-order valence-corrected chi connectivity index (χ2v) is 9.24. The number of hydrogen-bond acceptors (Lipinski definition) is 4. The molecule has 2 unspecified atom stereocenters. The SMILES string of the molecule is Cc1cccc(CCC(NC(=O)c2cc(Cl)ccc2Cl)C(=O)NC(Cc2ccccc2)B(O)O)c1. The molecule has 0 saturated heterocycles. The topological polar surface area (TPSA) is 98.7 Å². The van der Waals surface area contributed by atoms with Crippen LogP contribution in [0.4, 0.5) is 0 Å². The van der Waals surface area contributed by atoms with Gasteiger partial charge in [0.05, 0.1) is 16.5 Å². The van der Waals surface area contributed by atoms with Gasteiger partial charge in [-0.3, -0.25) is 9.59 Å². The molecule has 0 heterocycles. The maximum absolute atomic E-state index is 13.2. The van der Waals surface area contributed by atoms with E-state index in [1.54, 1.807) is 6.07 Å². The third-order valence-corrected chi connectivity index (χ3v) is 6.15. The minimum Gasteiger partial charge on any atom is -0.426 e. The van der Waals surface area contributed by atoms with Crippen molar-refractivity contribution in [3.05, 3.63) is 105 Å². The Bertz CT molecular complexity index is 1160. The number of benzene rings is 3. The lowest BCUT2D eigenvalue weighted by Gasteiger charge is -2.23. The molecule has 3 rings (SSSR count). The molecule has 0 spiro atoms. The first-order valence-electron chi connectivity index (χ1n) is 11.2. The summed E-state index contributed by atoms with van der Waals surface area (Å²) in [5.74, 6) is -2.04. The number of aryl methyl sites for hydroxylation is 2. The average molecular weight is 513 g/mol. The second-order valence-electron chi connectivity index (χ2n) is 8.40. The summed E-state index contributed by atoms with van der Waals surface area (Å²) in [7, 11) is -1.78. The number of amides is 2. The highest BCUT2D eigenvalue weighted by Gasteiger charge is 2.30. The van der Waals surface area contributed by atoms with Crippen LogP contribution in [0.2, 0.25) is 10.0 Å². The van der Waals surface area contributed by atoms with Gasteiger partial charge in [0, 0.05) is 5.02 Å². The predicted octanol–water partition coefficient (Wildman–Crippen LogP) is 3.77. The van der Waals surface area contributed by atoms with Crippen molar-refractivity contribution >= 4 is 42.1 Å². The summed E-state index contributed by atoms with van der Waals surface area (Å²) in [6.45, 7) is 1.98. The van der Waals surface area contributed by atoms with Crippen molar-refractivity contribution < 1.29 is 19.6 Å². The van der Waals surface area contributed by atoms with E-state index < -0.39 is 30.9 Å². The summed E-state index contributed by atoms with van der Waals surface area (Å²) < 4.78 is 0. The van der Waals surface area contributed by atoms with Crippen molar-refractivity contribution in [3.8, 4) is 0 Å². The molecule has 4 N–H and O–H groups in total. The Morgan fingerprint density at radius 3 is 2.31 bits per heavy atom. The molecule has 35 heavy (non-hydrogen) atoms. The molecule has 0 saturated carbocycles. The van der Waals surface area contributed by atoms with Crippen molar-refractivity contribution in [1.82, 2.24) is 10.6 Å². The highest BCUT2D eigenvalue weighted by Crippen LogP contribution is 2.21. The standard InChI is InChI=1S/C26H27BCl2N2O4/c1-17-6-5-9-19(14-17)10-13-23(30-25(32)21-16-20(28)11-12-22(21)29)26(33)31-24(27(34)35)15-18-7-3-2-4-8-18/h2-9,11-12,14,16,23-24,34-35H,10,13,15H2,1H3,(H,30,32)(H,31,33). The lowest BCUT2D eigenvalue weighted by atomic mass is 9.75. The van der Waals surface area contributed by atoms with Crippen molar-refractivity contribution in [3.63, 3.8) is 0 Å². The summed E-state index contributed by atoms with van der Waals surface area (Å²) in [6, 6.07) is 20.6. The molecule has 2 atom stereocenters. The average Bonchev–Trinajstić information content (AvgIpc) is 2.83. The van der Waals surface area contributed by atoms with Crippen LogP contribution in [-0.2, 0) is 17.6 Å². The molecule has 0 aliphatic heterocycles. The Balaban J connectivity index is 1.78. The molecule has 0 radical (unpaired) electrons. The summed E-state index contributed by atoms with van der Waals surface area (Å²) in [4.78, 5) is 26.2. The van der Waals surface area contributed by atoms with E-state index in [1.807, 2.05) is 61.5 Å². The molecule has 0 aliphatic carbocycles. The van der Waals surface area contributed by atoms with Gasteiger partial charge in [0.25, 0.3) is 5.91 Å². The number of nitrogens with one attached hydrogen (secondary N) is 2. The zero-order chi connectivity index (χ0) is 25.4. The van der Waals surface area contributed by atoms with Crippen LogP contribution < -0.4 is 10.6 Å². The Morgan fingerprint density at radius 1 is 0.914 bits per heavy atom. The molecule has 0 fully saturated rings. The summed E-state index contributed by atoms with van der Waals surface area (Å²) in [6.07, 6.45) is 1.02. The van der Waals surface area contributed by atoms with Gasteiger partial charge in [-0.2, -0.15) is 0 Å². The first-order chi connectivity index (χ1) is 16.7. The zero-order valence-electron chi connectivity index (χ0n) is 19.2. The van der Waals surface area contributed by atoms with Gasteiger partial charge in [0.1, 0.15) is 6.04 Å². The minimum absolute atomic E-state index is 0.149. The molecule has 6 nitrogen and oxygen atoms in total. The summed E-state index contributed by atoms with van der Waals surface area (Å²) in [5.41, 5.74) is 3.08. The van der Waals surface area contributed by atoms with Crippen LogP contribution in [0.3, 0.4) is 0 Å². The van der Waals surface area contributed by atoms with Crippen LogP contribution in [0.15, 0.2) is 72.8 Å². The fraction of sp³-hybridized carbons (Fsp3) is 0.231. The van der Waals surface area contributed by atoms with E-state index in [2.05, 4.69) is 10.6 Å². The van der Waals surface area contributed by atoms with Gasteiger partial charge >= 0.3 is 7.12 Å². The number of hydrogen-bond donors (Lipinski definition) is 4. The Hall–Kier alpha value is -2.84. The lowest BCUT2D eigenvalue weighted by Crippen LogP contribution is -2.54. The van der Waals surface area contributed by atoms with E-state index in [1.165, 1.54) is 12.1 Å². The van der Waals surface area contributed by atoms with Crippen LogP contribution in [0.1, 0.15) is 33.5 Å². The van der Waals surface area contributed by atoms with E-state index >= 15 is 0 Å². The molecule has 3 aromatic rings. The number of carbonyl (C=O) groups excluding carboxylic acids is 2. The van der Waals surface area contributed by atoms with E-state index in [4.69, 9.17) is 23.2 Å². The van der Waals surface area contributed by atoms with Crippen molar-refractivity contribution in [2.75, 3.05) is 0 Å². The van der Waals surface area contributed by atoms with E-state index in [0.717, 1.165) is 16.7 Å². The molecule has 182 valence electrons. The molecule has 0 aliphatic rings. The highest BCUT2D eigenvalue weighted by molar-refractivity contribution is 6.43. The van der Waals surface area contributed by atoms with Crippen LogP contribution in [-0.4, -0.2) is 41.0 Å². The van der Waals surface area contributed by atoms with Crippen LogP contribution in [0.5, 0.6) is 0 Å². The van der Waals surface area contributed by atoms with E-state index in [-0.39, 0.29) is 17.0 Å². The third kappa shape index (κ3) is 8.11. The van der Waals surface area contributed by atoms with Crippen molar-refractivity contribution in [2.45, 2.75) is 38.2 Å². The van der Waals surface area contributed by atoms with Gasteiger partial charge in [0.15, 0.2) is 0 Å². The molecule has 3 aromatic carbocycles. The van der Waals surface area contributed by atoms with Crippen molar-refractivity contribution in [2.24, 2.45) is 0 Å². The molecule has 2 amide bonds. The second kappa shape index (κ2) is 12.7. The minimum atomic E-state index is -1.78. The normalized spacial score (nSPS) is 12.5. The van der Waals surface area contributed by atoms with Crippen LogP contribution in [0, 0.1) is 6.92 Å². The van der Waals surface area contributed by atoms with Gasteiger partial charge in [0.2, 0.25) is 5.91 Å². The third-order valence-electron chi connectivity index (χ3n) is 5.59. The van der Waals surface area contributed by atoms with Gasteiger partial charge in [-0.25, -0.2) is 0 Å².